The Morgan fingerprint density at radius 3 is 2.53 bits per heavy atom. The first-order chi connectivity index (χ1) is 9.02. The molecule has 0 saturated carbocycles. The Morgan fingerprint density at radius 1 is 1.16 bits per heavy atom. The molecule has 1 atom stereocenters. The third kappa shape index (κ3) is 2.88. The van der Waals surface area contributed by atoms with Crippen molar-refractivity contribution in [3.63, 3.8) is 0 Å². The second kappa shape index (κ2) is 5.59. The van der Waals surface area contributed by atoms with E-state index in [0.29, 0.717) is 16.3 Å². The van der Waals surface area contributed by atoms with E-state index < -0.39 is 6.04 Å². The molecule has 0 aromatic heterocycles. The molecule has 19 heavy (non-hydrogen) atoms. The minimum atomic E-state index is -0.551. The first kappa shape index (κ1) is 13.8. The van der Waals surface area contributed by atoms with Gasteiger partial charge < -0.3 is 10.5 Å². The van der Waals surface area contributed by atoms with E-state index in [0.717, 1.165) is 11.1 Å². The predicted molar refractivity (Wildman–Crippen MR) is 75.2 cm³/mol. The highest BCUT2D eigenvalue weighted by Gasteiger charge is 2.16. The largest absolute Gasteiger partial charge is 0.497 e. The van der Waals surface area contributed by atoms with Crippen molar-refractivity contribution in [2.24, 2.45) is 5.73 Å². The predicted octanol–water partition coefficient (Wildman–Crippen LogP) is 3.84. The van der Waals surface area contributed by atoms with Crippen LogP contribution in [-0.2, 0) is 0 Å². The second-order valence-corrected chi connectivity index (χ2v) is 4.80. The fourth-order valence-corrected chi connectivity index (χ4v) is 2.18. The molecule has 2 N–H and O–H groups in total. The molecule has 100 valence electrons. The summed E-state index contributed by atoms with van der Waals surface area (Å²) >= 11 is 5.97. The van der Waals surface area contributed by atoms with Crippen molar-refractivity contribution in [1.82, 2.24) is 0 Å². The topological polar surface area (TPSA) is 35.2 Å². The normalized spacial score (nSPS) is 12.3. The number of rotatable bonds is 3. The highest BCUT2D eigenvalue weighted by molar-refractivity contribution is 6.30. The van der Waals surface area contributed by atoms with Gasteiger partial charge in [-0.15, -0.1) is 0 Å². The van der Waals surface area contributed by atoms with Crippen LogP contribution in [0.25, 0.3) is 0 Å². The van der Waals surface area contributed by atoms with E-state index in [-0.39, 0.29) is 5.82 Å². The van der Waals surface area contributed by atoms with Gasteiger partial charge >= 0.3 is 0 Å². The van der Waals surface area contributed by atoms with Gasteiger partial charge in [0.25, 0.3) is 0 Å². The van der Waals surface area contributed by atoms with E-state index in [2.05, 4.69) is 0 Å². The van der Waals surface area contributed by atoms with Gasteiger partial charge in [-0.2, -0.15) is 0 Å². The van der Waals surface area contributed by atoms with Gasteiger partial charge in [-0.05, 0) is 36.2 Å². The Balaban J connectivity index is 2.43. The van der Waals surface area contributed by atoms with Gasteiger partial charge in [0.15, 0.2) is 0 Å². The first-order valence-corrected chi connectivity index (χ1v) is 6.26. The number of aryl methyl sites for hydroxylation is 1. The maximum absolute atomic E-state index is 14.0. The zero-order valence-corrected chi connectivity index (χ0v) is 11.5. The van der Waals surface area contributed by atoms with E-state index in [4.69, 9.17) is 22.1 Å². The van der Waals surface area contributed by atoms with Crippen LogP contribution >= 0.6 is 11.6 Å². The molecule has 0 radical (unpaired) electrons. The second-order valence-electron chi connectivity index (χ2n) is 4.37. The van der Waals surface area contributed by atoms with Crippen LogP contribution in [0.1, 0.15) is 22.7 Å². The fraction of sp³-hybridized carbons (Fsp3) is 0.200. The molecule has 4 heteroatoms. The lowest BCUT2D eigenvalue weighted by molar-refractivity contribution is 0.410. The molecular formula is C15H15ClFNO. The molecule has 0 spiro atoms. The zero-order chi connectivity index (χ0) is 14.0. The van der Waals surface area contributed by atoms with Crippen LogP contribution in [-0.4, -0.2) is 7.11 Å². The third-order valence-corrected chi connectivity index (χ3v) is 3.35. The third-order valence-electron chi connectivity index (χ3n) is 3.12. The van der Waals surface area contributed by atoms with E-state index in [1.807, 2.05) is 13.0 Å². The summed E-state index contributed by atoms with van der Waals surface area (Å²) in [6.07, 6.45) is 0. The van der Waals surface area contributed by atoms with Crippen LogP contribution in [0.3, 0.4) is 0 Å². The summed E-state index contributed by atoms with van der Waals surface area (Å²) in [5, 5.41) is 0.588. The van der Waals surface area contributed by atoms with Gasteiger partial charge in [-0.3, -0.25) is 0 Å². The summed E-state index contributed by atoms with van der Waals surface area (Å²) in [4.78, 5) is 0. The molecule has 2 nitrogen and oxygen atoms in total. The van der Waals surface area contributed by atoms with Gasteiger partial charge in [-0.25, -0.2) is 4.39 Å². The van der Waals surface area contributed by atoms with Gasteiger partial charge in [0.2, 0.25) is 0 Å². The van der Waals surface area contributed by atoms with Gasteiger partial charge in [-0.1, -0.05) is 23.7 Å². The molecule has 2 aromatic carbocycles. The quantitative estimate of drug-likeness (QED) is 0.926. The minimum Gasteiger partial charge on any atom is -0.497 e. The molecule has 0 fully saturated rings. The van der Waals surface area contributed by atoms with Gasteiger partial charge in [0.1, 0.15) is 11.6 Å². The number of methoxy groups -OCH3 is 1. The number of nitrogens with two attached hydrogens (primary N) is 1. The van der Waals surface area contributed by atoms with Gasteiger partial charge in [0.05, 0.1) is 13.2 Å². The molecule has 2 rings (SSSR count). The van der Waals surface area contributed by atoms with Crippen LogP contribution < -0.4 is 10.5 Å². The molecular weight excluding hydrogens is 265 g/mol. The van der Waals surface area contributed by atoms with Crippen LogP contribution in [0.5, 0.6) is 5.75 Å². The highest BCUT2D eigenvalue weighted by Crippen LogP contribution is 2.28. The SMILES string of the molecule is COc1ccc(C(N)c2cc(Cl)ccc2C)c(F)c1. The number of ether oxygens (including phenoxy) is 1. The number of hydrogen-bond acceptors (Lipinski definition) is 2. The van der Waals surface area contributed by atoms with E-state index >= 15 is 0 Å². The van der Waals surface area contributed by atoms with Crippen LogP contribution in [0, 0.1) is 12.7 Å². The van der Waals surface area contributed by atoms with Crippen LogP contribution in [0.15, 0.2) is 36.4 Å². The van der Waals surface area contributed by atoms with E-state index in [1.165, 1.54) is 13.2 Å². The molecule has 0 saturated heterocycles. The number of benzene rings is 2. The maximum Gasteiger partial charge on any atom is 0.132 e. The molecule has 0 aliphatic rings. The fourth-order valence-electron chi connectivity index (χ4n) is 2.00. The molecule has 0 aliphatic heterocycles. The van der Waals surface area contributed by atoms with Crippen molar-refractivity contribution in [1.29, 1.82) is 0 Å². The van der Waals surface area contributed by atoms with Crippen molar-refractivity contribution >= 4 is 11.6 Å². The minimum absolute atomic E-state index is 0.383. The average molecular weight is 280 g/mol. The van der Waals surface area contributed by atoms with Crippen molar-refractivity contribution in [3.8, 4) is 5.75 Å². The Bertz CT molecular complexity index is 601. The lowest BCUT2D eigenvalue weighted by Crippen LogP contribution is -2.15. The molecule has 1 unspecified atom stereocenters. The van der Waals surface area contributed by atoms with Crippen LogP contribution in [0.4, 0.5) is 4.39 Å². The van der Waals surface area contributed by atoms with E-state index in [9.17, 15) is 4.39 Å². The zero-order valence-electron chi connectivity index (χ0n) is 10.8. The standard InChI is InChI=1S/C15H15ClFNO/c1-9-3-4-10(16)7-13(9)15(18)12-6-5-11(19-2)8-14(12)17/h3-8,15H,18H2,1-2H3. The summed E-state index contributed by atoms with van der Waals surface area (Å²) in [7, 11) is 1.50. The monoisotopic (exact) mass is 279 g/mol. The summed E-state index contributed by atoms with van der Waals surface area (Å²) < 4.78 is 19.0. The smallest absolute Gasteiger partial charge is 0.132 e. The molecule has 2 aromatic rings. The Labute approximate surface area is 117 Å². The molecule has 0 bridgehead atoms. The Morgan fingerprint density at radius 2 is 1.89 bits per heavy atom. The van der Waals surface area contributed by atoms with Crippen molar-refractivity contribution in [2.75, 3.05) is 7.11 Å². The Hall–Kier alpha value is -1.58. The average Bonchev–Trinajstić information content (AvgIpc) is 2.40. The molecule has 0 amide bonds. The summed E-state index contributed by atoms with van der Waals surface area (Å²) in [6, 6.07) is 9.54. The molecule has 0 heterocycles. The lowest BCUT2D eigenvalue weighted by Gasteiger charge is -2.17. The summed E-state index contributed by atoms with van der Waals surface area (Å²) in [5.41, 5.74) is 8.36. The van der Waals surface area contributed by atoms with Crippen molar-refractivity contribution < 1.29 is 9.13 Å². The summed E-state index contributed by atoms with van der Waals surface area (Å²) in [5.74, 6) is 0.0856. The van der Waals surface area contributed by atoms with Gasteiger partial charge in [0, 0.05) is 16.7 Å². The molecule has 0 aliphatic carbocycles. The maximum atomic E-state index is 14.0. The summed E-state index contributed by atoms with van der Waals surface area (Å²) in [6.45, 7) is 1.92. The Kier molecular flexibility index (Phi) is 4.08. The first-order valence-electron chi connectivity index (χ1n) is 5.88. The van der Waals surface area contributed by atoms with E-state index in [1.54, 1.807) is 24.3 Å². The highest BCUT2D eigenvalue weighted by atomic mass is 35.5. The van der Waals surface area contributed by atoms with Crippen molar-refractivity contribution in [3.05, 3.63) is 63.9 Å². The lowest BCUT2D eigenvalue weighted by atomic mass is 9.95. The number of halogens is 2. The number of hydrogen-bond donors (Lipinski definition) is 1. The van der Waals surface area contributed by atoms with Crippen LogP contribution in [0.2, 0.25) is 5.02 Å². The van der Waals surface area contributed by atoms with Crippen molar-refractivity contribution in [2.45, 2.75) is 13.0 Å².